The van der Waals surface area contributed by atoms with Gasteiger partial charge < -0.3 is 30.7 Å². The second kappa shape index (κ2) is 11.1. The minimum atomic E-state index is -0.0837. The van der Waals surface area contributed by atoms with Gasteiger partial charge in [-0.25, -0.2) is 9.97 Å². The van der Waals surface area contributed by atoms with Gasteiger partial charge in [0.15, 0.2) is 16.7 Å². The molecule has 2 fully saturated rings. The Morgan fingerprint density at radius 3 is 2.59 bits per heavy atom. The van der Waals surface area contributed by atoms with Crippen molar-refractivity contribution in [1.29, 1.82) is 0 Å². The molecular formula is C27H34N8O3S. The van der Waals surface area contributed by atoms with E-state index in [2.05, 4.69) is 56.7 Å². The highest BCUT2D eigenvalue weighted by Crippen LogP contribution is 2.32. The number of aromatic nitrogens is 4. The molecule has 12 heteroatoms. The molecule has 11 nitrogen and oxygen atoms in total. The number of nitrogens with one attached hydrogen (secondary N) is 4. The molecule has 1 saturated carbocycles. The molecule has 0 unspecified atom stereocenters. The normalized spacial score (nSPS) is 17.0. The van der Waals surface area contributed by atoms with Gasteiger partial charge in [0.1, 0.15) is 17.3 Å². The van der Waals surface area contributed by atoms with E-state index in [1.54, 1.807) is 31.6 Å². The molecule has 0 radical (unpaired) electrons. The van der Waals surface area contributed by atoms with E-state index in [0.717, 1.165) is 31.6 Å². The topological polar surface area (TPSA) is 127 Å². The van der Waals surface area contributed by atoms with Crippen molar-refractivity contribution >= 4 is 46.4 Å². The first kappa shape index (κ1) is 26.8. The molecule has 39 heavy (non-hydrogen) atoms. The highest BCUT2D eigenvalue weighted by atomic mass is 32.1. The Morgan fingerprint density at radius 2 is 1.90 bits per heavy atom. The molecule has 3 aromatic rings. The summed E-state index contributed by atoms with van der Waals surface area (Å²) in [6.07, 6.45) is 5.98. The number of nitrogens with zero attached hydrogens (tertiary/aromatic N) is 4. The van der Waals surface area contributed by atoms with Gasteiger partial charge in [0.25, 0.3) is 0 Å². The molecule has 0 aromatic carbocycles. The Balaban J connectivity index is 1.25. The van der Waals surface area contributed by atoms with Gasteiger partial charge in [-0.05, 0) is 37.5 Å². The Morgan fingerprint density at radius 1 is 1.08 bits per heavy atom. The summed E-state index contributed by atoms with van der Waals surface area (Å²) in [5.41, 5.74) is 1.72. The molecule has 206 valence electrons. The lowest BCUT2D eigenvalue weighted by Crippen LogP contribution is -2.22. The molecule has 2 aliphatic rings. The number of pyridine rings is 2. The average molecular weight is 551 g/mol. The molecule has 1 saturated heterocycles. The maximum Gasteiger partial charge on any atom is 0.228 e. The summed E-state index contributed by atoms with van der Waals surface area (Å²) >= 11 is 5.58. The third-order valence-electron chi connectivity index (χ3n) is 6.53. The number of amides is 1. The van der Waals surface area contributed by atoms with E-state index < -0.39 is 0 Å². The third-order valence-corrected chi connectivity index (χ3v) is 6.73. The minimum Gasteiger partial charge on any atom is -0.455 e. The van der Waals surface area contributed by atoms with Gasteiger partial charge >= 0.3 is 0 Å². The van der Waals surface area contributed by atoms with Crippen molar-refractivity contribution < 1.29 is 14.3 Å². The highest BCUT2D eigenvalue weighted by molar-refractivity contribution is 7.80. The van der Waals surface area contributed by atoms with Crippen molar-refractivity contribution in [2.24, 2.45) is 5.92 Å². The predicted molar refractivity (Wildman–Crippen MR) is 155 cm³/mol. The van der Waals surface area contributed by atoms with Crippen LogP contribution in [-0.2, 0) is 14.9 Å². The second-order valence-corrected chi connectivity index (χ2v) is 11.2. The molecule has 1 aliphatic carbocycles. The predicted octanol–water partition coefficient (Wildman–Crippen LogP) is 4.92. The van der Waals surface area contributed by atoms with Crippen LogP contribution in [0.1, 0.15) is 51.8 Å². The van der Waals surface area contributed by atoms with Crippen molar-refractivity contribution in [2.45, 2.75) is 51.5 Å². The van der Waals surface area contributed by atoms with Crippen LogP contribution < -0.4 is 26.0 Å². The smallest absolute Gasteiger partial charge is 0.228 e. The summed E-state index contributed by atoms with van der Waals surface area (Å²) in [5.74, 6) is 2.80. The van der Waals surface area contributed by atoms with Crippen molar-refractivity contribution in [3.63, 3.8) is 0 Å². The van der Waals surface area contributed by atoms with Crippen LogP contribution in [0.3, 0.4) is 0 Å². The van der Waals surface area contributed by atoms with Crippen LogP contribution in [0.15, 0.2) is 36.7 Å². The Hall–Kier alpha value is -3.77. The van der Waals surface area contributed by atoms with Crippen LogP contribution in [0, 0.1) is 5.92 Å². The maximum atomic E-state index is 12.0. The number of hydrogen-bond donors (Lipinski definition) is 4. The zero-order valence-electron chi connectivity index (χ0n) is 22.6. The van der Waals surface area contributed by atoms with E-state index in [1.165, 1.54) is 0 Å². The lowest BCUT2D eigenvalue weighted by molar-refractivity contribution is -0.117. The molecule has 1 aliphatic heterocycles. The largest absolute Gasteiger partial charge is 0.455 e. The fourth-order valence-corrected chi connectivity index (χ4v) is 4.51. The molecular weight excluding hydrogens is 516 g/mol. The second-order valence-electron chi connectivity index (χ2n) is 10.8. The minimum absolute atomic E-state index is 0.00672. The Kier molecular flexibility index (Phi) is 7.67. The van der Waals surface area contributed by atoms with Crippen LogP contribution in [0.4, 0.5) is 23.1 Å². The van der Waals surface area contributed by atoms with E-state index in [-0.39, 0.29) is 23.3 Å². The summed E-state index contributed by atoms with van der Waals surface area (Å²) in [4.78, 5) is 20.8. The van der Waals surface area contributed by atoms with Gasteiger partial charge in [0.2, 0.25) is 5.91 Å². The molecule has 1 amide bonds. The molecule has 4 N–H and O–H groups in total. The summed E-state index contributed by atoms with van der Waals surface area (Å²) in [7, 11) is 1.79. The van der Waals surface area contributed by atoms with Crippen LogP contribution in [0.2, 0.25) is 0 Å². The average Bonchev–Trinajstić information content (AvgIpc) is 3.43. The first-order valence-corrected chi connectivity index (χ1v) is 13.5. The molecule has 1 atom stereocenters. The molecule has 0 bridgehead atoms. The number of carbonyl (C=O) groups excluding carboxylic acids is 1. The molecule has 5 rings (SSSR count). The zero-order chi connectivity index (χ0) is 27.6. The van der Waals surface area contributed by atoms with Gasteiger partial charge in [-0.1, -0.05) is 20.8 Å². The number of thiocarbonyl (C=S) groups is 1. The third kappa shape index (κ3) is 6.63. The van der Waals surface area contributed by atoms with E-state index in [0.29, 0.717) is 46.4 Å². The van der Waals surface area contributed by atoms with Crippen LogP contribution in [-0.4, -0.2) is 51.0 Å². The number of hydrogen-bond acceptors (Lipinski definition) is 8. The molecule has 4 heterocycles. The summed E-state index contributed by atoms with van der Waals surface area (Å²) in [6.45, 7) is 7.90. The quantitative estimate of drug-likeness (QED) is 0.287. The van der Waals surface area contributed by atoms with Crippen LogP contribution >= 0.6 is 12.2 Å². The SMILES string of the molecule is CNc1cc(Oc2ccnc(NC(=O)C3CC3)c2)cnc1NC(=S)Nc1cc(C(C)(C)C)n([C@H]2CCOC2)n1. The fraction of sp³-hybridized carbons (Fsp3) is 0.444. The maximum absolute atomic E-state index is 12.0. The number of ether oxygens (including phenoxy) is 2. The van der Waals surface area contributed by atoms with E-state index >= 15 is 0 Å². The van der Waals surface area contributed by atoms with Gasteiger partial charge in [-0.3, -0.25) is 9.48 Å². The van der Waals surface area contributed by atoms with Gasteiger partial charge in [0, 0.05) is 55.1 Å². The van der Waals surface area contributed by atoms with Gasteiger partial charge in [-0.15, -0.1) is 0 Å². The van der Waals surface area contributed by atoms with Crippen molar-refractivity contribution in [1.82, 2.24) is 19.7 Å². The van der Waals surface area contributed by atoms with Crippen LogP contribution in [0.5, 0.6) is 11.5 Å². The first-order valence-electron chi connectivity index (χ1n) is 13.1. The zero-order valence-corrected chi connectivity index (χ0v) is 23.4. The lowest BCUT2D eigenvalue weighted by Gasteiger charge is -2.22. The highest BCUT2D eigenvalue weighted by Gasteiger charge is 2.30. The summed E-state index contributed by atoms with van der Waals surface area (Å²) in [5, 5.41) is 17.4. The summed E-state index contributed by atoms with van der Waals surface area (Å²) in [6, 6.07) is 7.47. The van der Waals surface area contributed by atoms with Crippen LogP contribution in [0.25, 0.3) is 0 Å². The molecule has 0 spiro atoms. The van der Waals surface area contributed by atoms with Crippen molar-refractivity contribution in [2.75, 3.05) is 41.5 Å². The van der Waals surface area contributed by atoms with E-state index in [1.807, 2.05) is 12.1 Å². The van der Waals surface area contributed by atoms with E-state index in [4.69, 9.17) is 26.8 Å². The van der Waals surface area contributed by atoms with Crippen molar-refractivity contribution in [3.8, 4) is 11.5 Å². The van der Waals surface area contributed by atoms with Gasteiger partial charge in [-0.2, -0.15) is 5.10 Å². The van der Waals surface area contributed by atoms with Gasteiger partial charge in [0.05, 0.1) is 24.5 Å². The standard InChI is InChI=1S/C27H34N8O3S/c1-27(2,3)21-13-23(34-35(21)17-8-10-37-15-17)32-26(39)33-24-20(28-4)11-19(14-30-24)38-18-7-9-29-22(12-18)31-25(36)16-5-6-16/h7,9,11-14,16-17,28H,5-6,8,10,15H2,1-4H3,(H,29,31,36)(H2,30,32,33,34,39)/t17-/m0/s1. The Labute approximate surface area is 233 Å². The fourth-order valence-electron chi connectivity index (χ4n) is 4.31. The Bertz CT molecular complexity index is 1360. The number of carbonyl (C=O) groups is 1. The summed E-state index contributed by atoms with van der Waals surface area (Å²) < 4.78 is 13.6. The molecule has 3 aromatic heterocycles. The van der Waals surface area contributed by atoms with Crippen molar-refractivity contribution in [3.05, 3.63) is 42.4 Å². The number of rotatable bonds is 8. The number of anilines is 4. The lowest BCUT2D eigenvalue weighted by atomic mass is 9.91. The van der Waals surface area contributed by atoms with E-state index in [9.17, 15) is 4.79 Å². The monoisotopic (exact) mass is 550 g/mol. The first-order chi connectivity index (χ1) is 18.7.